The summed E-state index contributed by atoms with van der Waals surface area (Å²) >= 11 is 0. The number of sulfone groups is 1. The van der Waals surface area contributed by atoms with Gasteiger partial charge in [-0.15, -0.1) is 0 Å². The molecule has 1 saturated heterocycles. The fraction of sp³-hybridized carbons (Fsp3) is 0.389. The lowest BCUT2D eigenvalue weighted by molar-refractivity contribution is -0.119. The number of carbonyl (C=O) groups is 1. The third-order valence-corrected chi connectivity index (χ3v) is 6.74. The van der Waals surface area contributed by atoms with Gasteiger partial charge >= 0.3 is 0 Å². The highest BCUT2D eigenvalue weighted by molar-refractivity contribution is 7.92. The molecule has 0 spiro atoms. The quantitative estimate of drug-likeness (QED) is 0.842. The highest BCUT2D eigenvalue weighted by Crippen LogP contribution is 2.29. The van der Waals surface area contributed by atoms with Gasteiger partial charge in [0.05, 0.1) is 0 Å². The van der Waals surface area contributed by atoms with Gasteiger partial charge in [0.2, 0.25) is 5.91 Å². The van der Waals surface area contributed by atoms with E-state index >= 15 is 0 Å². The number of aryl methyl sites for hydroxylation is 1. The Morgan fingerprint density at radius 1 is 1.15 bits per heavy atom. The normalized spacial score (nSPS) is 16.8. The van der Waals surface area contributed by atoms with Crippen LogP contribution < -0.4 is 10.6 Å². The van der Waals surface area contributed by atoms with Crippen molar-refractivity contribution in [2.45, 2.75) is 24.5 Å². The average Bonchev–Trinajstić information content (AvgIpc) is 2.62. The second-order valence-electron chi connectivity index (χ2n) is 6.57. The van der Waals surface area contributed by atoms with E-state index in [4.69, 9.17) is 0 Å². The van der Waals surface area contributed by atoms with Gasteiger partial charge in [-0.2, -0.15) is 0 Å². The summed E-state index contributed by atoms with van der Waals surface area (Å²) in [6.07, 6.45) is 3.37. The van der Waals surface area contributed by atoms with Crippen molar-refractivity contribution in [1.29, 1.82) is 0 Å². The fourth-order valence-corrected chi connectivity index (χ4v) is 4.47. The van der Waals surface area contributed by atoms with E-state index in [0.29, 0.717) is 24.6 Å². The highest BCUT2D eigenvalue weighted by Gasteiger charge is 2.48. The SMILES string of the molecule is Cc1ccnc(-c2ccc(NC(=O)C3(S(C)(=O)=O)CCNCC3)cc2)n1. The molecular formula is C18H22N4O3S. The fourth-order valence-electron chi connectivity index (χ4n) is 3.13. The van der Waals surface area contributed by atoms with Crippen LogP contribution in [0.3, 0.4) is 0 Å². The number of piperidine rings is 1. The molecule has 7 nitrogen and oxygen atoms in total. The Hall–Kier alpha value is -2.32. The van der Waals surface area contributed by atoms with Gasteiger partial charge in [-0.3, -0.25) is 4.79 Å². The maximum Gasteiger partial charge on any atom is 0.245 e. The van der Waals surface area contributed by atoms with Crippen LogP contribution in [0, 0.1) is 6.92 Å². The molecule has 8 heteroatoms. The molecule has 26 heavy (non-hydrogen) atoms. The molecule has 2 heterocycles. The minimum Gasteiger partial charge on any atom is -0.325 e. The molecule has 0 radical (unpaired) electrons. The summed E-state index contributed by atoms with van der Waals surface area (Å²) in [4.78, 5) is 21.4. The summed E-state index contributed by atoms with van der Waals surface area (Å²) in [7, 11) is -3.53. The monoisotopic (exact) mass is 374 g/mol. The minimum absolute atomic E-state index is 0.271. The molecule has 0 unspecified atom stereocenters. The van der Waals surface area contributed by atoms with Crippen molar-refractivity contribution >= 4 is 21.4 Å². The lowest BCUT2D eigenvalue weighted by Gasteiger charge is -2.34. The summed E-state index contributed by atoms with van der Waals surface area (Å²) in [6, 6.07) is 8.90. The molecule has 1 aromatic carbocycles. The van der Waals surface area contributed by atoms with Gasteiger partial charge in [-0.05, 0) is 63.2 Å². The third kappa shape index (κ3) is 3.61. The van der Waals surface area contributed by atoms with Crippen LogP contribution in [0.2, 0.25) is 0 Å². The van der Waals surface area contributed by atoms with Crippen molar-refractivity contribution in [1.82, 2.24) is 15.3 Å². The average molecular weight is 374 g/mol. The molecule has 3 rings (SSSR count). The number of anilines is 1. The first kappa shape index (κ1) is 18.5. The van der Waals surface area contributed by atoms with Crippen molar-refractivity contribution in [3.8, 4) is 11.4 Å². The van der Waals surface area contributed by atoms with Crippen molar-refractivity contribution < 1.29 is 13.2 Å². The Morgan fingerprint density at radius 3 is 2.38 bits per heavy atom. The first-order valence-corrected chi connectivity index (χ1v) is 10.3. The third-order valence-electron chi connectivity index (χ3n) is 4.73. The molecule has 0 atom stereocenters. The molecule has 1 aliphatic heterocycles. The molecule has 1 aliphatic rings. The van der Waals surface area contributed by atoms with Gasteiger partial charge in [-0.1, -0.05) is 0 Å². The second kappa shape index (κ2) is 7.13. The van der Waals surface area contributed by atoms with Crippen LogP contribution in [0.4, 0.5) is 5.69 Å². The number of amides is 1. The summed E-state index contributed by atoms with van der Waals surface area (Å²) in [5, 5.41) is 5.86. The molecule has 1 fully saturated rings. The summed E-state index contributed by atoms with van der Waals surface area (Å²) in [5.41, 5.74) is 2.24. The van der Waals surface area contributed by atoms with Crippen molar-refractivity contribution in [2.75, 3.05) is 24.7 Å². The van der Waals surface area contributed by atoms with Gasteiger partial charge in [-0.25, -0.2) is 18.4 Å². The zero-order valence-corrected chi connectivity index (χ0v) is 15.6. The van der Waals surface area contributed by atoms with Crippen LogP contribution in [0.5, 0.6) is 0 Å². The van der Waals surface area contributed by atoms with Crippen LogP contribution >= 0.6 is 0 Å². The van der Waals surface area contributed by atoms with Gasteiger partial charge in [0.1, 0.15) is 0 Å². The molecule has 1 aromatic heterocycles. The van der Waals surface area contributed by atoms with Crippen molar-refractivity contribution in [3.63, 3.8) is 0 Å². The Labute approximate surface area is 153 Å². The first-order valence-electron chi connectivity index (χ1n) is 8.44. The number of benzene rings is 1. The maximum atomic E-state index is 12.8. The number of hydrogen-bond acceptors (Lipinski definition) is 6. The standard InChI is InChI=1S/C18H22N4O3S/c1-13-7-10-20-16(21-13)14-3-5-15(6-4-14)22-17(23)18(26(2,24)25)8-11-19-12-9-18/h3-7,10,19H,8-9,11-12H2,1-2H3,(H,22,23). The predicted molar refractivity (Wildman–Crippen MR) is 101 cm³/mol. The number of nitrogens with one attached hydrogen (secondary N) is 2. The van der Waals surface area contributed by atoms with Crippen LogP contribution in [0.15, 0.2) is 36.5 Å². The van der Waals surface area contributed by atoms with E-state index < -0.39 is 20.5 Å². The zero-order chi connectivity index (χ0) is 18.8. The van der Waals surface area contributed by atoms with E-state index in [1.54, 1.807) is 30.5 Å². The van der Waals surface area contributed by atoms with Crippen LogP contribution in [0.25, 0.3) is 11.4 Å². The van der Waals surface area contributed by atoms with E-state index in [2.05, 4.69) is 20.6 Å². The summed E-state index contributed by atoms with van der Waals surface area (Å²) in [6.45, 7) is 2.90. The van der Waals surface area contributed by atoms with Gasteiger partial charge < -0.3 is 10.6 Å². The lowest BCUT2D eigenvalue weighted by Crippen LogP contribution is -2.55. The summed E-state index contributed by atoms with van der Waals surface area (Å²) < 4.78 is 23.2. The highest BCUT2D eigenvalue weighted by atomic mass is 32.2. The molecule has 0 aliphatic carbocycles. The van der Waals surface area contributed by atoms with E-state index in [0.717, 1.165) is 17.5 Å². The van der Waals surface area contributed by atoms with Crippen LogP contribution in [0.1, 0.15) is 18.5 Å². The summed E-state index contributed by atoms with van der Waals surface area (Å²) in [5.74, 6) is 0.134. The van der Waals surface area contributed by atoms with E-state index in [-0.39, 0.29) is 12.8 Å². The number of carbonyl (C=O) groups excluding carboxylic acids is 1. The molecular weight excluding hydrogens is 352 g/mol. The Bertz CT molecular complexity index is 904. The van der Waals surface area contributed by atoms with Crippen molar-refractivity contribution in [2.24, 2.45) is 0 Å². The minimum atomic E-state index is -3.53. The number of rotatable bonds is 4. The van der Waals surface area contributed by atoms with Gasteiger partial charge in [0, 0.05) is 29.4 Å². The largest absolute Gasteiger partial charge is 0.325 e. The smallest absolute Gasteiger partial charge is 0.245 e. The molecule has 0 bridgehead atoms. The Kier molecular flexibility index (Phi) is 5.06. The van der Waals surface area contributed by atoms with Gasteiger partial charge in [0.15, 0.2) is 20.4 Å². The molecule has 138 valence electrons. The van der Waals surface area contributed by atoms with E-state index in [1.807, 2.05) is 13.0 Å². The van der Waals surface area contributed by atoms with E-state index in [1.165, 1.54) is 0 Å². The molecule has 2 aromatic rings. The van der Waals surface area contributed by atoms with Crippen molar-refractivity contribution in [3.05, 3.63) is 42.2 Å². The predicted octanol–water partition coefficient (Wildman–Crippen LogP) is 1.56. The maximum absolute atomic E-state index is 12.8. The number of nitrogens with zero attached hydrogens (tertiary/aromatic N) is 2. The van der Waals surface area contributed by atoms with Gasteiger partial charge in [0.25, 0.3) is 0 Å². The van der Waals surface area contributed by atoms with Crippen LogP contribution in [-0.4, -0.2) is 48.4 Å². The second-order valence-corrected chi connectivity index (χ2v) is 8.90. The Morgan fingerprint density at radius 2 is 1.81 bits per heavy atom. The molecule has 2 N–H and O–H groups in total. The number of aromatic nitrogens is 2. The number of hydrogen-bond donors (Lipinski definition) is 2. The lowest BCUT2D eigenvalue weighted by atomic mass is 9.95. The topological polar surface area (TPSA) is 101 Å². The zero-order valence-electron chi connectivity index (χ0n) is 14.8. The van der Waals surface area contributed by atoms with E-state index in [9.17, 15) is 13.2 Å². The first-order chi connectivity index (χ1) is 12.3. The Balaban J connectivity index is 1.81. The molecule has 1 amide bonds. The van der Waals surface area contributed by atoms with Crippen LogP contribution in [-0.2, 0) is 14.6 Å². The molecule has 0 saturated carbocycles.